The number of benzene rings is 2. The van der Waals surface area contributed by atoms with E-state index in [0.717, 1.165) is 11.3 Å². The molecule has 0 saturated heterocycles. The normalized spacial score (nSPS) is 18.7. The average Bonchev–Trinajstić information content (AvgIpc) is 2.98. The molecule has 0 bridgehead atoms. The van der Waals surface area contributed by atoms with E-state index in [4.69, 9.17) is 11.6 Å². The fourth-order valence-electron chi connectivity index (χ4n) is 3.08. The van der Waals surface area contributed by atoms with Crippen molar-refractivity contribution in [2.45, 2.75) is 19.5 Å². The minimum atomic E-state index is -0.426. The predicted molar refractivity (Wildman–Crippen MR) is 112 cm³/mol. The van der Waals surface area contributed by atoms with Gasteiger partial charge in [-0.1, -0.05) is 47.6 Å². The van der Waals surface area contributed by atoms with Crippen molar-refractivity contribution >= 4 is 46.1 Å². The lowest BCUT2D eigenvalue weighted by Crippen LogP contribution is -2.45. The first-order valence-electron chi connectivity index (χ1n) is 8.75. The highest BCUT2D eigenvalue weighted by Crippen LogP contribution is 2.26. The molecule has 0 saturated carbocycles. The van der Waals surface area contributed by atoms with Gasteiger partial charge in [-0.2, -0.15) is 5.10 Å². The quantitative estimate of drug-likeness (QED) is 0.779. The minimum absolute atomic E-state index is 0.275. The van der Waals surface area contributed by atoms with Gasteiger partial charge in [0.05, 0.1) is 29.4 Å². The van der Waals surface area contributed by atoms with E-state index in [1.165, 1.54) is 16.7 Å². The molecule has 0 aromatic heterocycles. The number of rotatable bonds is 4. The average molecular weight is 413 g/mol. The highest BCUT2D eigenvalue weighted by molar-refractivity contribution is 8.14. The molecule has 142 valence electrons. The van der Waals surface area contributed by atoms with Gasteiger partial charge in [0.25, 0.3) is 11.8 Å². The largest absolute Gasteiger partial charge is 0.269 e. The number of hydrogen-bond donors (Lipinski definition) is 1. The number of carbonyl (C=O) groups is 2. The number of fused-ring (bicyclic) bond motifs is 1. The number of halogens is 1. The van der Waals surface area contributed by atoms with Crippen LogP contribution in [0.5, 0.6) is 0 Å². The van der Waals surface area contributed by atoms with Crippen LogP contribution in [0.2, 0.25) is 5.02 Å². The van der Waals surface area contributed by atoms with E-state index in [1.54, 1.807) is 24.3 Å². The number of amides is 2. The van der Waals surface area contributed by atoms with Crippen molar-refractivity contribution in [2.24, 2.45) is 10.1 Å². The molecular formula is C20H17ClN4O2S. The standard InChI is InChI=1S/C20H17ClN4O2S/c1-12(25-18(26)15-4-2-3-5-16(15)19(25)27)17-11-28-20(24-23-17)22-10-13-6-8-14(21)9-7-13/h2-9,12H,10-11H2,1H3,(H,22,24). The smallest absolute Gasteiger partial charge is 0.262 e. The lowest BCUT2D eigenvalue weighted by atomic mass is 10.1. The monoisotopic (exact) mass is 412 g/mol. The summed E-state index contributed by atoms with van der Waals surface area (Å²) in [5.41, 5.74) is 5.60. The van der Waals surface area contributed by atoms with Crippen LogP contribution in [-0.2, 0) is 6.54 Å². The lowest BCUT2D eigenvalue weighted by molar-refractivity contribution is 0.0634. The van der Waals surface area contributed by atoms with Crippen molar-refractivity contribution in [1.82, 2.24) is 10.3 Å². The Kier molecular flexibility index (Phi) is 5.19. The van der Waals surface area contributed by atoms with Crippen LogP contribution in [0.4, 0.5) is 0 Å². The Morgan fingerprint density at radius 2 is 1.79 bits per heavy atom. The maximum absolute atomic E-state index is 12.6. The highest BCUT2D eigenvalue weighted by atomic mass is 35.5. The molecule has 2 aliphatic heterocycles. The van der Waals surface area contributed by atoms with Crippen LogP contribution in [0.1, 0.15) is 33.2 Å². The van der Waals surface area contributed by atoms with Crippen LogP contribution in [0.3, 0.4) is 0 Å². The van der Waals surface area contributed by atoms with Crippen LogP contribution >= 0.6 is 23.4 Å². The van der Waals surface area contributed by atoms with E-state index in [9.17, 15) is 9.59 Å². The first-order valence-corrected chi connectivity index (χ1v) is 10.1. The zero-order valence-electron chi connectivity index (χ0n) is 15.1. The number of amidine groups is 1. The van der Waals surface area contributed by atoms with E-state index in [0.29, 0.717) is 33.6 Å². The van der Waals surface area contributed by atoms with Gasteiger partial charge in [-0.3, -0.25) is 24.9 Å². The molecule has 1 unspecified atom stereocenters. The first-order chi connectivity index (χ1) is 13.5. The molecule has 0 aliphatic carbocycles. The van der Waals surface area contributed by atoms with Gasteiger partial charge in [-0.15, -0.1) is 0 Å². The molecular weight excluding hydrogens is 396 g/mol. The summed E-state index contributed by atoms with van der Waals surface area (Å²) in [4.78, 5) is 31.0. The molecule has 4 rings (SSSR count). The Balaban J connectivity index is 1.44. The second kappa shape index (κ2) is 7.77. The second-order valence-electron chi connectivity index (χ2n) is 6.45. The maximum Gasteiger partial charge on any atom is 0.262 e. The Hall–Kier alpha value is -2.64. The summed E-state index contributed by atoms with van der Waals surface area (Å²) in [6.07, 6.45) is 0. The van der Waals surface area contributed by atoms with Gasteiger partial charge >= 0.3 is 0 Å². The zero-order valence-corrected chi connectivity index (χ0v) is 16.6. The molecule has 6 nitrogen and oxygen atoms in total. The fraction of sp³-hybridized carbons (Fsp3) is 0.200. The van der Waals surface area contributed by atoms with Gasteiger partial charge < -0.3 is 0 Å². The molecule has 0 radical (unpaired) electrons. The molecule has 0 spiro atoms. The molecule has 1 atom stereocenters. The van der Waals surface area contributed by atoms with E-state index in [-0.39, 0.29) is 11.8 Å². The third-order valence-corrected chi connectivity index (χ3v) is 5.85. The van der Waals surface area contributed by atoms with Crippen molar-refractivity contribution in [3.05, 3.63) is 70.2 Å². The summed E-state index contributed by atoms with van der Waals surface area (Å²) in [7, 11) is 0. The summed E-state index contributed by atoms with van der Waals surface area (Å²) < 4.78 is 0. The zero-order chi connectivity index (χ0) is 19.7. The van der Waals surface area contributed by atoms with Gasteiger partial charge in [0.1, 0.15) is 0 Å². The summed E-state index contributed by atoms with van der Waals surface area (Å²) in [6, 6.07) is 14.0. The van der Waals surface area contributed by atoms with E-state index in [1.807, 2.05) is 31.2 Å². The maximum atomic E-state index is 12.6. The van der Waals surface area contributed by atoms with Crippen molar-refractivity contribution in [1.29, 1.82) is 0 Å². The van der Waals surface area contributed by atoms with Gasteiger partial charge in [-0.05, 0) is 36.8 Å². The van der Waals surface area contributed by atoms with Crippen LogP contribution in [-0.4, -0.2) is 39.4 Å². The topological polar surface area (TPSA) is 74.1 Å². The molecule has 2 aromatic carbocycles. The number of aliphatic imine (C=N–C) groups is 1. The van der Waals surface area contributed by atoms with Crippen LogP contribution in [0, 0.1) is 0 Å². The fourth-order valence-corrected chi connectivity index (χ4v) is 4.07. The van der Waals surface area contributed by atoms with Crippen LogP contribution < -0.4 is 5.43 Å². The summed E-state index contributed by atoms with van der Waals surface area (Å²) in [5.74, 6) is 0.00657. The molecule has 2 amide bonds. The Morgan fingerprint density at radius 1 is 1.14 bits per heavy atom. The number of nitrogens with zero attached hydrogens (tertiary/aromatic N) is 3. The molecule has 1 N–H and O–H groups in total. The van der Waals surface area contributed by atoms with Gasteiger partial charge in [0.2, 0.25) is 0 Å². The minimum Gasteiger partial charge on any atom is -0.269 e. The Bertz CT molecular complexity index is 969. The molecule has 2 aliphatic rings. The predicted octanol–water partition coefficient (Wildman–Crippen LogP) is 3.57. The number of carbonyl (C=O) groups excluding carboxylic acids is 2. The number of hydrogen-bond acceptors (Lipinski definition) is 5. The van der Waals surface area contributed by atoms with Crippen molar-refractivity contribution < 1.29 is 9.59 Å². The third-order valence-electron chi connectivity index (χ3n) is 4.67. The van der Waals surface area contributed by atoms with Crippen molar-refractivity contribution in [2.75, 3.05) is 5.75 Å². The number of hydrazone groups is 1. The number of imide groups is 1. The van der Waals surface area contributed by atoms with E-state index < -0.39 is 6.04 Å². The molecule has 2 heterocycles. The van der Waals surface area contributed by atoms with Crippen LogP contribution in [0.25, 0.3) is 0 Å². The van der Waals surface area contributed by atoms with E-state index >= 15 is 0 Å². The van der Waals surface area contributed by atoms with Crippen LogP contribution in [0.15, 0.2) is 58.6 Å². The van der Waals surface area contributed by atoms with Crippen molar-refractivity contribution in [3.63, 3.8) is 0 Å². The molecule has 28 heavy (non-hydrogen) atoms. The lowest BCUT2D eigenvalue weighted by Gasteiger charge is -2.26. The molecule has 0 fully saturated rings. The second-order valence-corrected chi connectivity index (χ2v) is 7.85. The van der Waals surface area contributed by atoms with Gasteiger partial charge in [0, 0.05) is 10.8 Å². The Morgan fingerprint density at radius 3 is 2.36 bits per heavy atom. The number of thioether (sulfide) groups is 1. The summed E-state index contributed by atoms with van der Waals surface area (Å²) in [5, 5.41) is 5.76. The molecule has 8 heteroatoms. The highest BCUT2D eigenvalue weighted by Gasteiger charge is 2.40. The first kappa shape index (κ1) is 18.7. The molecule has 2 aromatic rings. The van der Waals surface area contributed by atoms with E-state index in [2.05, 4.69) is 15.5 Å². The van der Waals surface area contributed by atoms with Gasteiger partial charge in [-0.25, -0.2) is 0 Å². The summed E-state index contributed by atoms with van der Waals surface area (Å²) >= 11 is 7.39. The number of nitrogens with one attached hydrogen (secondary N) is 1. The summed E-state index contributed by atoms with van der Waals surface area (Å²) in [6.45, 7) is 2.34. The SMILES string of the molecule is CC(C1=NNC(=NCc2ccc(Cl)cc2)SC1)N1C(=O)c2ccccc2C1=O. The Labute approximate surface area is 171 Å². The third kappa shape index (κ3) is 3.55. The van der Waals surface area contributed by atoms with Gasteiger partial charge in [0.15, 0.2) is 5.17 Å². The van der Waals surface area contributed by atoms with Crippen molar-refractivity contribution in [3.8, 4) is 0 Å².